The van der Waals surface area contributed by atoms with Crippen LogP contribution in [0.2, 0.25) is 6.82 Å². The van der Waals surface area contributed by atoms with Gasteiger partial charge in [-0.05, 0) is 9.03 Å². The molecule has 0 saturated carbocycles. The molecule has 0 amide bonds. The van der Waals surface area contributed by atoms with Crippen molar-refractivity contribution in [1.29, 1.82) is 0 Å². The molecule has 0 atom stereocenters. The quantitative estimate of drug-likeness (QED) is 0.320. The standard InChI is InChI=1S/CH5BNP/c1-2-3-4/h2,4H,1H3. The predicted molar refractivity (Wildman–Crippen MR) is 23.8 cm³/mol. The Kier molecular flexibility index (Phi) is 3.30. The van der Waals surface area contributed by atoms with Gasteiger partial charge in [-0.25, -0.2) is 0 Å². The third kappa shape index (κ3) is 2.16. The van der Waals surface area contributed by atoms with E-state index in [9.17, 15) is 0 Å². The summed E-state index contributed by atoms with van der Waals surface area (Å²) in [7, 11) is 3.77. The van der Waals surface area contributed by atoms with Crippen molar-refractivity contribution in [1.82, 2.24) is 0 Å². The first-order valence-electron chi connectivity index (χ1n) is 1.25. The highest BCUT2D eigenvalue weighted by Crippen LogP contribution is 1.62. The van der Waals surface area contributed by atoms with Crippen LogP contribution in [0.25, 0.3) is 0 Å². The van der Waals surface area contributed by atoms with Crippen LogP contribution in [-0.4, -0.2) is 7.41 Å². The predicted octanol–water partition coefficient (Wildman–Crippen LogP) is 0.712. The van der Waals surface area contributed by atoms with Crippen LogP contribution in [0.1, 0.15) is 0 Å². The van der Waals surface area contributed by atoms with Crippen molar-refractivity contribution in [3.63, 3.8) is 0 Å². The molecule has 0 heterocycles. The number of hydrogen-bond acceptors (Lipinski definition) is 1. The molecule has 1 nitrogen and oxygen atoms in total. The molecule has 0 aromatic rings. The monoisotopic (exact) mass is 73.0 g/mol. The molecule has 0 radical (unpaired) electrons. The van der Waals surface area contributed by atoms with E-state index in [2.05, 4.69) is 13.7 Å². The smallest absolute Gasteiger partial charge is 0.264 e. The summed E-state index contributed by atoms with van der Waals surface area (Å²) in [4.78, 5) is 0. The molecule has 3 heteroatoms. The molecular formula is CH5BNP. The maximum atomic E-state index is 3.54. The van der Waals surface area contributed by atoms with Crippen molar-refractivity contribution >= 4 is 16.4 Å². The molecule has 0 aliphatic heterocycles. The highest BCUT2D eigenvalue weighted by atomic mass is 31.0. The minimum atomic E-state index is 0.858. The molecule has 0 fully saturated rings. The zero-order valence-electron chi connectivity index (χ0n) is 2.65. The molecule has 0 saturated heterocycles. The zero-order chi connectivity index (χ0) is 3.41. The van der Waals surface area contributed by atoms with Crippen LogP contribution in [0.4, 0.5) is 0 Å². The van der Waals surface area contributed by atoms with E-state index in [-0.39, 0.29) is 0 Å². The van der Waals surface area contributed by atoms with Crippen LogP contribution in [0.5, 0.6) is 0 Å². The first-order valence-corrected chi connectivity index (χ1v) is 1.69. The van der Waals surface area contributed by atoms with Crippen molar-refractivity contribution in [2.24, 2.45) is 4.66 Å². The third-order valence-corrected chi connectivity index (χ3v) is 0.474. The molecule has 0 aliphatic carbocycles. The fraction of sp³-hybridized carbons (Fsp3) is 1.00. The first-order chi connectivity index (χ1) is 1.91. The normalized spacial score (nSPS) is 5.25. The summed E-state index contributed by atoms with van der Waals surface area (Å²) in [5.74, 6) is 0. The summed E-state index contributed by atoms with van der Waals surface area (Å²) in [6.07, 6.45) is 0. The summed E-state index contributed by atoms with van der Waals surface area (Å²) < 4.78 is 3.54. The number of nitrogens with zero attached hydrogens (tertiary/aromatic N) is 1. The average molecular weight is 72.8 g/mol. The second-order valence-corrected chi connectivity index (χ2v) is 0.791. The maximum absolute atomic E-state index is 3.54. The van der Waals surface area contributed by atoms with Gasteiger partial charge in [0.2, 0.25) is 0 Å². The van der Waals surface area contributed by atoms with Crippen molar-refractivity contribution < 1.29 is 0 Å². The Morgan fingerprint density at radius 1 is 2.00 bits per heavy atom. The molecule has 4 heavy (non-hydrogen) atoms. The van der Waals surface area contributed by atoms with Gasteiger partial charge in [-0.15, -0.1) is 0 Å². The van der Waals surface area contributed by atoms with Gasteiger partial charge in [-0.2, -0.15) is 0 Å². The van der Waals surface area contributed by atoms with Gasteiger partial charge in [0, 0.05) is 0 Å². The lowest BCUT2D eigenvalue weighted by Gasteiger charge is -1.55. The highest BCUT2D eigenvalue weighted by molar-refractivity contribution is 7.06. The molecule has 0 aromatic carbocycles. The van der Waals surface area contributed by atoms with E-state index in [0.29, 0.717) is 0 Å². The first kappa shape index (κ1) is 4.16. The molecular weight excluding hydrogens is 67.8 g/mol. The van der Waals surface area contributed by atoms with Crippen molar-refractivity contribution in [3.8, 4) is 0 Å². The van der Waals surface area contributed by atoms with E-state index in [4.69, 9.17) is 0 Å². The Morgan fingerprint density at radius 3 is 2.25 bits per heavy atom. The fourth-order valence-electron chi connectivity index (χ4n) is 0. The lowest BCUT2D eigenvalue weighted by Crippen LogP contribution is -1.58. The molecule has 0 aliphatic rings. The lowest BCUT2D eigenvalue weighted by atomic mass is 10.0. The van der Waals surface area contributed by atoms with Crippen LogP contribution in [0, 0.1) is 0 Å². The Labute approximate surface area is 29.0 Å². The Morgan fingerprint density at radius 2 is 2.25 bits per heavy atom. The molecule has 0 N–H and O–H groups in total. The van der Waals surface area contributed by atoms with E-state index >= 15 is 0 Å². The van der Waals surface area contributed by atoms with Gasteiger partial charge in [0.25, 0.3) is 7.41 Å². The third-order valence-electron chi connectivity index (χ3n) is 0.158. The number of hydrogen-bond donors (Lipinski definition) is 0. The summed E-state index contributed by atoms with van der Waals surface area (Å²) >= 11 is 0. The second kappa shape index (κ2) is 3.16. The topological polar surface area (TPSA) is 12.4 Å². The summed E-state index contributed by atoms with van der Waals surface area (Å²) in [5.41, 5.74) is 0. The van der Waals surface area contributed by atoms with E-state index < -0.39 is 0 Å². The molecule has 0 spiro atoms. The van der Waals surface area contributed by atoms with E-state index in [1.54, 1.807) is 0 Å². The van der Waals surface area contributed by atoms with Crippen molar-refractivity contribution in [2.75, 3.05) is 0 Å². The van der Waals surface area contributed by atoms with E-state index in [0.717, 1.165) is 7.41 Å². The Bertz CT molecular complexity index is 22.0. The maximum Gasteiger partial charge on any atom is 0.264 e. The van der Waals surface area contributed by atoms with Gasteiger partial charge in [-0.3, -0.25) is 0 Å². The van der Waals surface area contributed by atoms with Crippen LogP contribution in [0.3, 0.4) is 0 Å². The second-order valence-electron chi connectivity index (χ2n) is 0.474. The van der Waals surface area contributed by atoms with Gasteiger partial charge in [0.05, 0.1) is 0 Å². The average Bonchev–Trinajstić information content (AvgIpc) is 1.37. The minimum absolute atomic E-state index is 0.858. The lowest BCUT2D eigenvalue weighted by molar-refractivity contribution is 1.93. The molecule has 0 aromatic heterocycles. The highest BCUT2D eigenvalue weighted by Gasteiger charge is 1.53. The zero-order valence-corrected chi connectivity index (χ0v) is 3.65. The summed E-state index contributed by atoms with van der Waals surface area (Å²) in [5, 5.41) is 0. The van der Waals surface area contributed by atoms with Crippen LogP contribution < -0.4 is 0 Å². The van der Waals surface area contributed by atoms with Gasteiger partial charge in [0.1, 0.15) is 0 Å². The van der Waals surface area contributed by atoms with Gasteiger partial charge in [-0.1, -0.05) is 6.82 Å². The minimum Gasteiger partial charge on any atom is -0.334 e. The SMILES string of the molecule is CBN=P. The fourth-order valence-corrected chi connectivity index (χ4v) is 0. The van der Waals surface area contributed by atoms with Crippen molar-refractivity contribution in [2.45, 2.75) is 6.82 Å². The van der Waals surface area contributed by atoms with Gasteiger partial charge < -0.3 is 4.66 Å². The molecule has 0 unspecified atom stereocenters. The van der Waals surface area contributed by atoms with E-state index in [1.807, 2.05) is 6.82 Å². The molecule has 22 valence electrons. The van der Waals surface area contributed by atoms with Gasteiger partial charge >= 0.3 is 0 Å². The Hall–Kier alpha value is 0.165. The summed E-state index contributed by atoms with van der Waals surface area (Å²) in [6.45, 7) is 1.97. The van der Waals surface area contributed by atoms with Crippen molar-refractivity contribution in [3.05, 3.63) is 0 Å². The number of rotatable bonds is 1. The van der Waals surface area contributed by atoms with Gasteiger partial charge in [0.15, 0.2) is 0 Å². The van der Waals surface area contributed by atoms with E-state index in [1.165, 1.54) is 0 Å². The van der Waals surface area contributed by atoms with Crippen LogP contribution in [-0.2, 0) is 0 Å². The van der Waals surface area contributed by atoms with Crippen LogP contribution in [0.15, 0.2) is 4.66 Å². The largest absolute Gasteiger partial charge is 0.334 e. The molecule has 0 rings (SSSR count). The molecule has 0 bridgehead atoms. The summed E-state index contributed by atoms with van der Waals surface area (Å²) in [6, 6.07) is 0. The van der Waals surface area contributed by atoms with Crippen LogP contribution >= 0.6 is 9.03 Å². The Balaban J connectivity index is 2.30.